The van der Waals surface area contributed by atoms with Gasteiger partial charge in [-0.05, 0) is 27.7 Å². The minimum atomic E-state index is -0.789. The molecule has 2 amide bonds. The van der Waals surface area contributed by atoms with Crippen LogP contribution in [0.15, 0.2) is 12.2 Å². The van der Waals surface area contributed by atoms with Gasteiger partial charge in [0, 0.05) is 24.2 Å². The molecule has 0 saturated carbocycles. The third-order valence-electron chi connectivity index (χ3n) is 2.29. The topological polar surface area (TPSA) is 129 Å². The number of amides is 2. The predicted molar refractivity (Wildman–Crippen MR) is 90.3 cm³/mol. The van der Waals surface area contributed by atoms with Crippen molar-refractivity contribution in [2.24, 2.45) is 0 Å². The fourth-order valence-corrected chi connectivity index (χ4v) is 1.34. The molecular weight excluding hydrogens is 348 g/mol. The minimum Gasteiger partial charge on any atom is -0.459 e. The molecule has 10 nitrogen and oxygen atoms in total. The normalized spacial score (nSPS) is 10.5. The van der Waals surface area contributed by atoms with Crippen molar-refractivity contribution in [3.8, 4) is 0 Å². The maximum Gasteiger partial charge on any atom is 0.407 e. The standard InChI is InChI=1S/C16H26N2O8/c1-11(2)17-15(21)25-9-7-23-13(19)5-6-14(20)24-8-10-26-16(22)18-12(3)4/h5-6,11-12H,7-10H2,1-4H3,(H,17,21)(H,18,22)/b6-5+. The van der Waals surface area contributed by atoms with Crippen LogP contribution in [0, 0.1) is 0 Å². The highest BCUT2D eigenvalue weighted by Gasteiger charge is 2.06. The first-order valence-electron chi connectivity index (χ1n) is 8.09. The number of alkyl carbamates (subject to hydrolysis) is 2. The fourth-order valence-electron chi connectivity index (χ4n) is 1.34. The Morgan fingerprint density at radius 2 is 0.962 bits per heavy atom. The Balaban J connectivity index is 3.77. The van der Waals surface area contributed by atoms with E-state index in [4.69, 9.17) is 18.9 Å². The molecule has 0 aliphatic carbocycles. The first kappa shape index (κ1) is 23.2. The summed E-state index contributed by atoms with van der Waals surface area (Å²) in [4.78, 5) is 45.0. The number of nitrogens with one attached hydrogen (secondary N) is 2. The van der Waals surface area contributed by atoms with Gasteiger partial charge in [0.15, 0.2) is 0 Å². The van der Waals surface area contributed by atoms with E-state index in [1.165, 1.54) is 0 Å². The van der Waals surface area contributed by atoms with E-state index < -0.39 is 24.1 Å². The Hall–Kier alpha value is -2.78. The molecular formula is C16H26N2O8. The Labute approximate surface area is 152 Å². The van der Waals surface area contributed by atoms with Gasteiger partial charge in [-0.3, -0.25) is 0 Å². The summed E-state index contributed by atoms with van der Waals surface area (Å²) < 4.78 is 18.9. The average molecular weight is 374 g/mol. The van der Waals surface area contributed by atoms with Crippen molar-refractivity contribution >= 4 is 24.1 Å². The molecule has 26 heavy (non-hydrogen) atoms. The van der Waals surface area contributed by atoms with Crippen LogP contribution in [0.2, 0.25) is 0 Å². The summed E-state index contributed by atoms with van der Waals surface area (Å²) in [5.74, 6) is -1.58. The van der Waals surface area contributed by atoms with Crippen LogP contribution in [0.1, 0.15) is 27.7 Å². The summed E-state index contributed by atoms with van der Waals surface area (Å²) in [5.41, 5.74) is 0. The maximum absolute atomic E-state index is 11.3. The largest absolute Gasteiger partial charge is 0.459 e. The van der Waals surface area contributed by atoms with Crippen molar-refractivity contribution < 1.29 is 38.1 Å². The highest BCUT2D eigenvalue weighted by Crippen LogP contribution is 1.89. The lowest BCUT2D eigenvalue weighted by Gasteiger charge is -2.09. The second-order valence-corrected chi connectivity index (χ2v) is 5.54. The van der Waals surface area contributed by atoms with Gasteiger partial charge in [-0.1, -0.05) is 0 Å². The lowest BCUT2D eigenvalue weighted by Crippen LogP contribution is -2.31. The third kappa shape index (κ3) is 14.8. The zero-order chi connectivity index (χ0) is 19.9. The lowest BCUT2D eigenvalue weighted by molar-refractivity contribution is -0.141. The second kappa shape index (κ2) is 13.5. The average Bonchev–Trinajstić information content (AvgIpc) is 2.52. The van der Waals surface area contributed by atoms with E-state index in [9.17, 15) is 19.2 Å². The third-order valence-corrected chi connectivity index (χ3v) is 2.29. The second-order valence-electron chi connectivity index (χ2n) is 5.54. The van der Waals surface area contributed by atoms with Crippen molar-refractivity contribution in [3.05, 3.63) is 12.2 Å². The van der Waals surface area contributed by atoms with Crippen LogP contribution < -0.4 is 10.6 Å². The van der Waals surface area contributed by atoms with Crippen LogP contribution in [-0.4, -0.2) is 62.6 Å². The molecule has 0 bridgehead atoms. The smallest absolute Gasteiger partial charge is 0.407 e. The van der Waals surface area contributed by atoms with Crippen LogP contribution in [0.5, 0.6) is 0 Å². The highest BCUT2D eigenvalue weighted by molar-refractivity contribution is 5.91. The number of hydrogen-bond acceptors (Lipinski definition) is 8. The Kier molecular flexibility index (Phi) is 12.1. The molecule has 0 radical (unpaired) electrons. The molecule has 0 fully saturated rings. The van der Waals surface area contributed by atoms with Crippen LogP contribution in [0.4, 0.5) is 9.59 Å². The van der Waals surface area contributed by atoms with E-state index in [-0.39, 0.29) is 38.5 Å². The molecule has 0 rings (SSSR count). The van der Waals surface area contributed by atoms with Gasteiger partial charge in [0.2, 0.25) is 0 Å². The van der Waals surface area contributed by atoms with E-state index in [1.807, 2.05) is 0 Å². The maximum atomic E-state index is 11.3. The summed E-state index contributed by atoms with van der Waals surface area (Å²) in [6, 6.07) is -0.122. The molecule has 0 spiro atoms. The summed E-state index contributed by atoms with van der Waals surface area (Å²) in [5, 5.41) is 5.00. The first-order valence-corrected chi connectivity index (χ1v) is 8.09. The Morgan fingerprint density at radius 1 is 0.654 bits per heavy atom. The van der Waals surface area contributed by atoms with Gasteiger partial charge in [0.1, 0.15) is 26.4 Å². The van der Waals surface area contributed by atoms with Crippen molar-refractivity contribution in [3.63, 3.8) is 0 Å². The van der Waals surface area contributed by atoms with Gasteiger partial charge in [-0.2, -0.15) is 0 Å². The molecule has 2 N–H and O–H groups in total. The van der Waals surface area contributed by atoms with Gasteiger partial charge in [-0.15, -0.1) is 0 Å². The van der Waals surface area contributed by atoms with E-state index >= 15 is 0 Å². The monoisotopic (exact) mass is 374 g/mol. The molecule has 148 valence electrons. The van der Waals surface area contributed by atoms with E-state index in [2.05, 4.69) is 10.6 Å². The Morgan fingerprint density at radius 3 is 1.27 bits per heavy atom. The molecule has 0 aliphatic heterocycles. The quantitative estimate of drug-likeness (QED) is 0.250. The Bertz CT molecular complexity index is 458. The SMILES string of the molecule is CC(C)NC(=O)OCCOC(=O)/C=C/C(=O)OCCOC(=O)NC(C)C. The van der Waals surface area contributed by atoms with E-state index in [0.717, 1.165) is 12.2 Å². The molecule has 0 unspecified atom stereocenters. The summed E-state index contributed by atoms with van der Waals surface area (Å²) in [6.45, 7) is 6.58. The van der Waals surface area contributed by atoms with Crippen molar-refractivity contribution in [2.75, 3.05) is 26.4 Å². The molecule has 0 aromatic heterocycles. The minimum absolute atomic E-state index is 0.0611. The van der Waals surface area contributed by atoms with Gasteiger partial charge in [0.05, 0.1) is 0 Å². The molecule has 10 heteroatoms. The van der Waals surface area contributed by atoms with Gasteiger partial charge < -0.3 is 29.6 Å². The number of carbonyl (C=O) groups is 4. The number of hydrogen-bond donors (Lipinski definition) is 2. The molecule has 0 heterocycles. The first-order chi connectivity index (χ1) is 12.2. The van der Waals surface area contributed by atoms with E-state index in [0.29, 0.717) is 0 Å². The fraction of sp³-hybridized carbons (Fsp3) is 0.625. The number of rotatable bonds is 10. The summed E-state index contributed by atoms with van der Waals surface area (Å²) >= 11 is 0. The van der Waals surface area contributed by atoms with Gasteiger partial charge in [-0.25, -0.2) is 19.2 Å². The predicted octanol–water partition coefficient (Wildman–Crippen LogP) is 0.898. The molecule has 0 aromatic rings. The number of carbonyl (C=O) groups excluding carboxylic acids is 4. The van der Waals surface area contributed by atoms with Crippen LogP contribution in [0.3, 0.4) is 0 Å². The molecule has 0 aliphatic rings. The van der Waals surface area contributed by atoms with Crippen LogP contribution in [-0.2, 0) is 28.5 Å². The zero-order valence-corrected chi connectivity index (χ0v) is 15.4. The molecule has 0 aromatic carbocycles. The van der Waals surface area contributed by atoms with Crippen molar-refractivity contribution in [2.45, 2.75) is 39.8 Å². The summed E-state index contributed by atoms with van der Waals surface area (Å²) in [6.07, 6.45) is 0.532. The van der Waals surface area contributed by atoms with E-state index in [1.54, 1.807) is 27.7 Å². The van der Waals surface area contributed by atoms with Crippen LogP contribution >= 0.6 is 0 Å². The molecule has 0 saturated heterocycles. The van der Waals surface area contributed by atoms with Crippen LogP contribution in [0.25, 0.3) is 0 Å². The van der Waals surface area contributed by atoms with Crippen molar-refractivity contribution in [1.82, 2.24) is 10.6 Å². The lowest BCUT2D eigenvalue weighted by atomic mass is 10.4. The molecule has 0 atom stereocenters. The number of esters is 2. The van der Waals surface area contributed by atoms with Crippen molar-refractivity contribution in [1.29, 1.82) is 0 Å². The highest BCUT2D eigenvalue weighted by atomic mass is 16.6. The number of ether oxygens (including phenoxy) is 4. The van der Waals surface area contributed by atoms with Gasteiger partial charge in [0.25, 0.3) is 0 Å². The zero-order valence-electron chi connectivity index (χ0n) is 15.4. The van der Waals surface area contributed by atoms with Gasteiger partial charge >= 0.3 is 24.1 Å². The summed E-state index contributed by atoms with van der Waals surface area (Å²) in [7, 11) is 0.